The van der Waals surface area contributed by atoms with Crippen LogP contribution in [-0.2, 0) is 0 Å². The topological polar surface area (TPSA) is 49.0 Å². The molecule has 2 atom stereocenters. The van der Waals surface area contributed by atoms with E-state index in [-0.39, 0.29) is 12.0 Å². The lowest BCUT2D eigenvalue weighted by Gasteiger charge is -2.09. The van der Waals surface area contributed by atoms with Gasteiger partial charge in [-0.15, -0.1) is 11.3 Å². The SMILES string of the molecule is Cc1csc([C@@H](C#N)C=N[C@H](C)c2ccccc2Br)n1. The Balaban J connectivity index is 2.16. The number of hydrogen-bond acceptors (Lipinski definition) is 4. The van der Waals surface area contributed by atoms with E-state index in [1.807, 2.05) is 43.5 Å². The van der Waals surface area contributed by atoms with Crippen molar-refractivity contribution in [3.05, 3.63) is 50.4 Å². The van der Waals surface area contributed by atoms with Crippen LogP contribution in [0.1, 0.15) is 35.1 Å². The highest BCUT2D eigenvalue weighted by atomic mass is 79.9. The summed E-state index contributed by atoms with van der Waals surface area (Å²) in [6.07, 6.45) is 1.70. The lowest BCUT2D eigenvalue weighted by Crippen LogP contribution is -1.99. The first-order chi connectivity index (χ1) is 9.61. The normalized spacial score (nSPS) is 14.1. The molecular formula is C15H14BrN3S. The summed E-state index contributed by atoms with van der Waals surface area (Å²) in [4.78, 5) is 8.85. The van der Waals surface area contributed by atoms with Crippen LogP contribution in [0, 0.1) is 18.3 Å². The van der Waals surface area contributed by atoms with Gasteiger partial charge >= 0.3 is 0 Å². The van der Waals surface area contributed by atoms with E-state index in [0.717, 1.165) is 20.7 Å². The van der Waals surface area contributed by atoms with E-state index in [1.54, 1.807) is 6.21 Å². The zero-order valence-electron chi connectivity index (χ0n) is 11.2. The van der Waals surface area contributed by atoms with Gasteiger partial charge in [-0.2, -0.15) is 5.26 Å². The Kier molecular flexibility index (Phi) is 5.05. The zero-order valence-corrected chi connectivity index (χ0v) is 13.6. The van der Waals surface area contributed by atoms with Crippen LogP contribution in [0.5, 0.6) is 0 Å². The maximum atomic E-state index is 9.24. The van der Waals surface area contributed by atoms with Crippen LogP contribution in [0.15, 0.2) is 39.1 Å². The molecule has 1 aromatic heterocycles. The van der Waals surface area contributed by atoms with Gasteiger partial charge in [-0.1, -0.05) is 34.1 Å². The molecule has 20 heavy (non-hydrogen) atoms. The molecule has 0 radical (unpaired) electrons. The lowest BCUT2D eigenvalue weighted by molar-refractivity contribution is 0.814. The number of nitrogens with zero attached hydrogens (tertiary/aromatic N) is 3. The maximum Gasteiger partial charge on any atom is 0.133 e. The minimum Gasteiger partial charge on any atom is -0.288 e. The van der Waals surface area contributed by atoms with Gasteiger partial charge in [-0.25, -0.2) is 4.98 Å². The van der Waals surface area contributed by atoms with Gasteiger partial charge in [0.1, 0.15) is 10.9 Å². The third-order valence-corrected chi connectivity index (χ3v) is 4.62. The predicted octanol–water partition coefficient (Wildman–Crippen LogP) is 4.65. The van der Waals surface area contributed by atoms with Gasteiger partial charge in [0.2, 0.25) is 0 Å². The van der Waals surface area contributed by atoms with Crippen LogP contribution >= 0.6 is 27.3 Å². The fourth-order valence-electron chi connectivity index (χ4n) is 1.78. The second-order valence-corrected chi connectivity index (χ2v) is 6.17. The summed E-state index contributed by atoms with van der Waals surface area (Å²) >= 11 is 5.02. The van der Waals surface area contributed by atoms with Crippen molar-refractivity contribution in [1.29, 1.82) is 5.26 Å². The van der Waals surface area contributed by atoms with Gasteiger partial charge in [0, 0.05) is 21.8 Å². The summed E-state index contributed by atoms with van der Waals surface area (Å²) in [5.41, 5.74) is 2.05. The highest BCUT2D eigenvalue weighted by Crippen LogP contribution is 2.26. The third-order valence-electron chi connectivity index (χ3n) is 2.86. The molecule has 0 amide bonds. The number of benzene rings is 1. The van der Waals surface area contributed by atoms with Gasteiger partial charge in [0.05, 0.1) is 12.1 Å². The van der Waals surface area contributed by atoms with Gasteiger partial charge < -0.3 is 0 Å². The maximum absolute atomic E-state index is 9.24. The first-order valence-corrected chi connectivity index (χ1v) is 7.88. The van der Waals surface area contributed by atoms with E-state index in [1.165, 1.54) is 11.3 Å². The molecule has 2 rings (SSSR count). The number of thiazole rings is 1. The van der Waals surface area contributed by atoms with Crippen molar-refractivity contribution >= 4 is 33.5 Å². The minimum absolute atomic E-state index is 0.00230. The fourth-order valence-corrected chi connectivity index (χ4v) is 3.19. The smallest absolute Gasteiger partial charge is 0.133 e. The largest absolute Gasteiger partial charge is 0.288 e. The molecule has 0 saturated heterocycles. The van der Waals surface area contributed by atoms with Crippen LogP contribution in [0.25, 0.3) is 0 Å². The second kappa shape index (κ2) is 6.78. The molecule has 1 aromatic carbocycles. The Morgan fingerprint density at radius 1 is 1.45 bits per heavy atom. The summed E-state index contributed by atoms with van der Waals surface area (Å²) in [5.74, 6) is -0.376. The molecule has 0 N–H and O–H groups in total. The minimum atomic E-state index is -0.376. The average molecular weight is 348 g/mol. The van der Waals surface area contributed by atoms with E-state index >= 15 is 0 Å². The summed E-state index contributed by atoms with van der Waals surface area (Å²) in [6.45, 7) is 3.94. The molecule has 0 bridgehead atoms. The number of halogens is 1. The number of hydrogen-bond donors (Lipinski definition) is 0. The van der Waals surface area contributed by atoms with Crippen LogP contribution in [0.3, 0.4) is 0 Å². The number of rotatable bonds is 4. The Morgan fingerprint density at radius 3 is 2.80 bits per heavy atom. The van der Waals surface area contributed by atoms with E-state index in [0.29, 0.717) is 0 Å². The summed E-state index contributed by atoms with van der Waals surface area (Å²) in [6, 6.07) is 10.2. The van der Waals surface area contributed by atoms with Crippen LogP contribution in [0.4, 0.5) is 0 Å². The average Bonchev–Trinajstić information content (AvgIpc) is 2.86. The summed E-state index contributed by atoms with van der Waals surface area (Å²) < 4.78 is 1.03. The van der Waals surface area contributed by atoms with Crippen molar-refractivity contribution in [3.8, 4) is 6.07 Å². The predicted molar refractivity (Wildman–Crippen MR) is 86.3 cm³/mol. The monoisotopic (exact) mass is 347 g/mol. The van der Waals surface area contributed by atoms with E-state index < -0.39 is 0 Å². The Labute approximate surface area is 131 Å². The molecule has 102 valence electrons. The number of aliphatic imine (C=N–C) groups is 1. The van der Waals surface area contributed by atoms with Crippen LogP contribution in [0.2, 0.25) is 0 Å². The highest BCUT2D eigenvalue weighted by Gasteiger charge is 2.13. The third kappa shape index (κ3) is 3.53. The Bertz CT molecular complexity index is 657. The van der Waals surface area contributed by atoms with Crippen molar-refractivity contribution in [2.24, 2.45) is 4.99 Å². The van der Waals surface area contributed by atoms with Gasteiger partial charge in [-0.3, -0.25) is 4.99 Å². The number of aryl methyl sites for hydroxylation is 1. The van der Waals surface area contributed by atoms with Gasteiger partial charge in [0.25, 0.3) is 0 Å². The van der Waals surface area contributed by atoms with Gasteiger partial charge in [0.15, 0.2) is 0 Å². The van der Waals surface area contributed by atoms with Gasteiger partial charge in [-0.05, 0) is 25.5 Å². The van der Waals surface area contributed by atoms with Crippen molar-refractivity contribution < 1.29 is 0 Å². The molecule has 1 heterocycles. The Hall–Kier alpha value is -1.51. The number of aromatic nitrogens is 1. The first-order valence-electron chi connectivity index (χ1n) is 6.21. The molecule has 0 spiro atoms. The molecule has 0 saturated carbocycles. The van der Waals surface area contributed by atoms with Crippen molar-refractivity contribution in [2.75, 3.05) is 0 Å². The summed E-state index contributed by atoms with van der Waals surface area (Å²) in [5, 5.41) is 12.0. The molecular weight excluding hydrogens is 334 g/mol. The quantitative estimate of drug-likeness (QED) is 0.755. The molecule has 0 unspecified atom stereocenters. The molecule has 0 aliphatic rings. The second-order valence-electron chi connectivity index (χ2n) is 4.43. The zero-order chi connectivity index (χ0) is 14.5. The molecule has 0 fully saturated rings. The van der Waals surface area contributed by atoms with Crippen molar-refractivity contribution in [2.45, 2.75) is 25.8 Å². The van der Waals surface area contributed by atoms with Crippen LogP contribution < -0.4 is 0 Å². The molecule has 5 heteroatoms. The van der Waals surface area contributed by atoms with Crippen molar-refractivity contribution in [3.63, 3.8) is 0 Å². The molecule has 0 aliphatic heterocycles. The first kappa shape index (κ1) is 14.9. The van der Waals surface area contributed by atoms with E-state index in [2.05, 4.69) is 32.0 Å². The summed E-state index contributed by atoms with van der Waals surface area (Å²) in [7, 11) is 0. The highest BCUT2D eigenvalue weighted by molar-refractivity contribution is 9.10. The van der Waals surface area contributed by atoms with E-state index in [9.17, 15) is 5.26 Å². The van der Waals surface area contributed by atoms with Crippen molar-refractivity contribution in [1.82, 2.24) is 4.98 Å². The standard InChI is InChI=1S/C15H14BrN3S/c1-10-9-20-15(19-10)12(7-17)8-18-11(2)13-5-3-4-6-14(13)16/h3-6,8-9,11-12H,1-2H3/t11-,12+/m1/s1. The number of nitriles is 1. The lowest BCUT2D eigenvalue weighted by atomic mass is 10.1. The molecule has 2 aromatic rings. The molecule has 0 aliphatic carbocycles. The Morgan fingerprint density at radius 2 is 2.20 bits per heavy atom. The van der Waals surface area contributed by atoms with Crippen LogP contribution in [-0.4, -0.2) is 11.2 Å². The fraction of sp³-hybridized carbons (Fsp3) is 0.267. The molecule has 3 nitrogen and oxygen atoms in total. The van der Waals surface area contributed by atoms with E-state index in [4.69, 9.17) is 0 Å².